The van der Waals surface area contributed by atoms with Gasteiger partial charge in [0.15, 0.2) is 5.82 Å². The number of nitrogens with one attached hydrogen (secondary N) is 3. The van der Waals surface area contributed by atoms with Gasteiger partial charge in [-0.3, -0.25) is 9.59 Å². The van der Waals surface area contributed by atoms with Crippen molar-refractivity contribution < 1.29 is 9.53 Å². The van der Waals surface area contributed by atoms with Gasteiger partial charge >= 0.3 is 0 Å². The van der Waals surface area contributed by atoms with Gasteiger partial charge in [-0.2, -0.15) is 0 Å². The molecule has 88 valence electrons. The number of anilines is 1. The first-order valence-corrected chi connectivity index (χ1v) is 4.70. The molecule has 16 heavy (non-hydrogen) atoms. The monoisotopic (exact) mass is 226 g/mol. The molecule has 0 saturated carbocycles. The van der Waals surface area contributed by atoms with Crippen LogP contribution in [0.1, 0.15) is 6.92 Å². The molecule has 0 aliphatic carbocycles. The minimum absolute atomic E-state index is 0.0539. The number of hydrogen-bond acceptors (Lipinski definition) is 5. The van der Waals surface area contributed by atoms with E-state index in [0.29, 0.717) is 0 Å². The molecule has 1 aromatic heterocycles. The van der Waals surface area contributed by atoms with Crippen molar-refractivity contribution in [3.05, 3.63) is 16.7 Å². The number of aromatic amines is 1. The fourth-order valence-corrected chi connectivity index (χ4v) is 1.17. The van der Waals surface area contributed by atoms with Crippen molar-refractivity contribution in [2.75, 3.05) is 19.5 Å². The molecule has 0 aliphatic rings. The first-order valence-electron chi connectivity index (χ1n) is 4.70. The van der Waals surface area contributed by atoms with Crippen molar-refractivity contribution >= 4 is 11.7 Å². The van der Waals surface area contributed by atoms with Gasteiger partial charge in [-0.15, -0.1) is 0 Å². The molecule has 1 aromatic rings. The third-order valence-corrected chi connectivity index (χ3v) is 2.01. The van der Waals surface area contributed by atoms with Crippen molar-refractivity contribution in [2.24, 2.45) is 0 Å². The van der Waals surface area contributed by atoms with E-state index < -0.39 is 11.6 Å². The fourth-order valence-electron chi connectivity index (χ4n) is 1.17. The van der Waals surface area contributed by atoms with E-state index in [9.17, 15) is 9.59 Å². The van der Waals surface area contributed by atoms with Crippen molar-refractivity contribution in [3.8, 4) is 5.75 Å². The van der Waals surface area contributed by atoms with Gasteiger partial charge in [-0.1, -0.05) is 0 Å². The Morgan fingerprint density at radius 2 is 2.31 bits per heavy atom. The molecule has 0 bridgehead atoms. The summed E-state index contributed by atoms with van der Waals surface area (Å²) in [5.41, 5.74) is -0.399. The summed E-state index contributed by atoms with van der Waals surface area (Å²) in [4.78, 5) is 28.9. The summed E-state index contributed by atoms with van der Waals surface area (Å²) >= 11 is 0. The SMILES string of the molecule is CNC(=O)C(C)Nc1nc[nH]c(=O)c1OC. The zero-order chi connectivity index (χ0) is 12.1. The van der Waals surface area contributed by atoms with Gasteiger partial charge in [-0.25, -0.2) is 4.98 Å². The number of ether oxygens (including phenoxy) is 1. The summed E-state index contributed by atoms with van der Waals surface area (Å²) in [6.45, 7) is 1.65. The lowest BCUT2D eigenvalue weighted by Crippen LogP contribution is -2.36. The Bertz CT molecular complexity index is 429. The zero-order valence-corrected chi connectivity index (χ0v) is 9.33. The minimum Gasteiger partial charge on any atom is -0.489 e. The Balaban J connectivity index is 2.93. The van der Waals surface area contributed by atoms with Crippen LogP contribution in [0.25, 0.3) is 0 Å². The molecule has 7 nitrogen and oxygen atoms in total. The molecule has 1 atom stereocenters. The van der Waals surface area contributed by atoms with Crippen LogP contribution in [0.15, 0.2) is 11.1 Å². The van der Waals surface area contributed by atoms with Crippen LogP contribution < -0.4 is 20.9 Å². The van der Waals surface area contributed by atoms with Gasteiger partial charge < -0.3 is 20.4 Å². The third-order valence-electron chi connectivity index (χ3n) is 2.01. The number of rotatable bonds is 4. The highest BCUT2D eigenvalue weighted by Gasteiger charge is 2.15. The molecular formula is C9H14N4O3. The summed E-state index contributed by atoms with van der Waals surface area (Å²) in [5, 5.41) is 5.27. The van der Waals surface area contributed by atoms with Gasteiger partial charge in [0.25, 0.3) is 5.56 Å². The summed E-state index contributed by atoms with van der Waals surface area (Å²) in [6.07, 6.45) is 1.24. The molecule has 0 fully saturated rings. The van der Waals surface area contributed by atoms with E-state index in [1.807, 2.05) is 0 Å². The quantitative estimate of drug-likeness (QED) is 0.632. The molecule has 0 aliphatic heterocycles. The lowest BCUT2D eigenvalue weighted by atomic mass is 10.3. The second kappa shape index (κ2) is 5.15. The standard InChI is InChI=1S/C9H14N4O3/c1-5(8(14)10-2)13-7-6(16-3)9(15)12-4-11-7/h4-5H,1-3H3,(H,10,14)(H2,11,12,13,15). The van der Waals surface area contributed by atoms with Crippen LogP contribution in [0.4, 0.5) is 5.82 Å². The molecule has 0 spiro atoms. The lowest BCUT2D eigenvalue weighted by Gasteiger charge is -2.14. The second-order valence-corrected chi connectivity index (χ2v) is 3.09. The number of aromatic nitrogens is 2. The molecular weight excluding hydrogens is 212 g/mol. The predicted octanol–water partition coefficient (Wildman–Crippen LogP) is -0.675. The van der Waals surface area contributed by atoms with Gasteiger partial charge in [0.05, 0.1) is 13.4 Å². The average molecular weight is 226 g/mol. The Morgan fingerprint density at radius 3 is 2.88 bits per heavy atom. The molecule has 0 aromatic carbocycles. The molecule has 1 heterocycles. The third kappa shape index (κ3) is 2.50. The lowest BCUT2D eigenvalue weighted by molar-refractivity contribution is -0.121. The van der Waals surface area contributed by atoms with Gasteiger partial charge in [0.1, 0.15) is 6.04 Å². The molecule has 1 unspecified atom stereocenters. The normalized spacial score (nSPS) is 11.7. The Labute approximate surface area is 92.2 Å². The van der Waals surface area contributed by atoms with Gasteiger partial charge in [0, 0.05) is 7.05 Å². The summed E-state index contributed by atoms with van der Waals surface area (Å²) < 4.78 is 4.89. The van der Waals surface area contributed by atoms with Crippen LogP contribution in [0, 0.1) is 0 Å². The minimum atomic E-state index is -0.506. The summed E-state index contributed by atoms with van der Waals surface area (Å²) in [5.74, 6) is 0.0877. The van der Waals surface area contributed by atoms with Crippen LogP contribution in [0.5, 0.6) is 5.75 Å². The van der Waals surface area contributed by atoms with Crippen molar-refractivity contribution in [1.29, 1.82) is 0 Å². The Kier molecular flexibility index (Phi) is 3.87. The van der Waals surface area contributed by atoms with Gasteiger partial charge in [0.2, 0.25) is 11.7 Å². The second-order valence-electron chi connectivity index (χ2n) is 3.09. The number of amides is 1. The number of likely N-dealkylation sites (N-methyl/N-ethyl adjacent to an activating group) is 1. The maximum Gasteiger partial charge on any atom is 0.295 e. The highest BCUT2D eigenvalue weighted by Crippen LogP contribution is 2.15. The van der Waals surface area contributed by atoms with Crippen molar-refractivity contribution in [3.63, 3.8) is 0 Å². The van der Waals surface area contributed by atoms with Crippen molar-refractivity contribution in [2.45, 2.75) is 13.0 Å². The highest BCUT2D eigenvalue weighted by atomic mass is 16.5. The molecule has 1 amide bonds. The number of carbonyl (C=O) groups is 1. The zero-order valence-electron chi connectivity index (χ0n) is 9.33. The van der Waals surface area contributed by atoms with E-state index in [-0.39, 0.29) is 17.5 Å². The smallest absolute Gasteiger partial charge is 0.295 e. The number of methoxy groups -OCH3 is 1. The predicted molar refractivity (Wildman–Crippen MR) is 58.6 cm³/mol. The van der Waals surface area contributed by atoms with Gasteiger partial charge in [-0.05, 0) is 6.92 Å². The van der Waals surface area contributed by atoms with E-state index in [4.69, 9.17) is 4.74 Å². The average Bonchev–Trinajstić information content (AvgIpc) is 2.28. The van der Waals surface area contributed by atoms with E-state index in [2.05, 4.69) is 20.6 Å². The van der Waals surface area contributed by atoms with Crippen LogP contribution in [-0.4, -0.2) is 36.1 Å². The highest BCUT2D eigenvalue weighted by molar-refractivity contribution is 5.83. The van der Waals surface area contributed by atoms with Crippen LogP contribution in [0.2, 0.25) is 0 Å². The fraction of sp³-hybridized carbons (Fsp3) is 0.444. The van der Waals surface area contributed by atoms with Crippen LogP contribution >= 0.6 is 0 Å². The van der Waals surface area contributed by atoms with E-state index in [1.165, 1.54) is 20.5 Å². The first-order chi connectivity index (χ1) is 7.60. The molecule has 7 heteroatoms. The Morgan fingerprint density at radius 1 is 1.62 bits per heavy atom. The van der Waals surface area contributed by atoms with E-state index in [1.54, 1.807) is 6.92 Å². The van der Waals surface area contributed by atoms with E-state index >= 15 is 0 Å². The topological polar surface area (TPSA) is 96.1 Å². The molecule has 0 radical (unpaired) electrons. The number of hydrogen-bond donors (Lipinski definition) is 3. The maximum atomic E-state index is 11.3. The summed E-state index contributed by atoms with van der Waals surface area (Å²) in [7, 11) is 2.89. The number of nitrogens with zero attached hydrogens (tertiary/aromatic N) is 1. The number of H-pyrrole nitrogens is 1. The summed E-state index contributed by atoms with van der Waals surface area (Å²) in [6, 6.07) is -0.506. The van der Waals surface area contributed by atoms with E-state index in [0.717, 1.165) is 0 Å². The molecule has 3 N–H and O–H groups in total. The van der Waals surface area contributed by atoms with Crippen LogP contribution in [-0.2, 0) is 4.79 Å². The maximum absolute atomic E-state index is 11.3. The Hall–Kier alpha value is -2.05. The first kappa shape index (κ1) is 12.0. The van der Waals surface area contributed by atoms with Crippen molar-refractivity contribution in [1.82, 2.24) is 15.3 Å². The molecule has 1 rings (SSSR count). The number of carbonyl (C=O) groups excluding carboxylic acids is 1. The largest absolute Gasteiger partial charge is 0.489 e. The van der Waals surface area contributed by atoms with Crippen LogP contribution in [0.3, 0.4) is 0 Å². The molecule has 0 saturated heterocycles.